The highest BCUT2D eigenvalue weighted by Gasteiger charge is 2.13. The predicted octanol–water partition coefficient (Wildman–Crippen LogP) is 7.52. The third-order valence-corrected chi connectivity index (χ3v) is 7.09. The fraction of sp³-hybridized carbons (Fsp3) is 0.769. The summed E-state index contributed by atoms with van der Waals surface area (Å²) < 4.78 is 29.1. The Morgan fingerprint density at radius 3 is 1.32 bits per heavy atom. The number of unbranched alkanes of at least 4 members (excludes halogenated alkanes) is 17. The predicted molar refractivity (Wildman–Crippen MR) is 137 cm³/mol. The fourth-order valence-corrected chi connectivity index (χ4v) is 4.79. The van der Waals surface area contributed by atoms with Gasteiger partial charge in [-0.1, -0.05) is 134 Å². The van der Waals surface area contributed by atoms with Crippen LogP contribution >= 0.6 is 0 Å². The van der Waals surface area contributed by atoms with E-state index in [2.05, 4.69) is 6.92 Å². The van der Waals surface area contributed by atoms with E-state index < -0.39 is 10.1 Å². The second kappa shape index (κ2) is 21.7. The first kappa shape index (κ1) is 30.9. The van der Waals surface area contributed by atoms with E-state index in [1.54, 1.807) is 30.3 Å². The van der Waals surface area contributed by atoms with Crippen LogP contribution < -0.4 is 0 Å². The van der Waals surface area contributed by atoms with Crippen LogP contribution in [0.1, 0.15) is 122 Å². The van der Waals surface area contributed by atoms with Gasteiger partial charge in [0.2, 0.25) is 0 Å². The van der Waals surface area contributed by atoms with Crippen LogP contribution in [0.5, 0.6) is 0 Å². The molecule has 5 heteroatoms. The molecule has 0 aromatic heterocycles. The zero-order valence-corrected chi connectivity index (χ0v) is 20.3. The molecule has 178 valence electrons. The molecule has 0 bridgehead atoms. The van der Waals surface area contributed by atoms with E-state index in [9.17, 15) is 8.42 Å². The normalized spacial score (nSPS) is 11.4. The summed E-state index contributed by atoms with van der Waals surface area (Å²) in [5.41, 5.74) is 0. The largest absolute Gasteiger partial charge is 0.316 e. The molecule has 1 rings (SSSR count). The highest BCUT2D eigenvalue weighted by atomic mass is 32.2. The van der Waals surface area contributed by atoms with Crippen LogP contribution in [-0.2, 0) is 14.3 Å². The quantitative estimate of drug-likeness (QED) is 0.107. The molecular weight excluding hydrogens is 417 g/mol. The molecule has 0 atom stereocenters. The Balaban J connectivity index is 0.00000900. The molecule has 0 aliphatic carbocycles. The Labute approximate surface area is 209 Å². The Bertz CT molecular complexity index is 590. The van der Waals surface area contributed by atoms with Crippen molar-refractivity contribution in [2.75, 3.05) is 6.61 Å². The smallest absolute Gasteiger partial charge is 0.266 e. The SMILES string of the molecule is CCCCCCCCCCCCCCCCCCCCOS(=O)(=O)c1ccccc1.[MgH2]. The third-order valence-electron chi connectivity index (χ3n) is 5.77. The van der Waals surface area contributed by atoms with Crippen molar-refractivity contribution in [3.8, 4) is 0 Å². The lowest BCUT2D eigenvalue weighted by Crippen LogP contribution is -2.07. The Morgan fingerprint density at radius 2 is 0.935 bits per heavy atom. The van der Waals surface area contributed by atoms with Crippen LogP contribution in [-0.4, -0.2) is 38.1 Å². The van der Waals surface area contributed by atoms with E-state index in [1.165, 1.54) is 103 Å². The van der Waals surface area contributed by atoms with Crippen molar-refractivity contribution in [2.24, 2.45) is 0 Å². The van der Waals surface area contributed by atoms with Crippen molar-refractivity contribution < 1.29 is 12.6 Å². The average Bonchev–Trinajstić information content (AvgIpc) is 2.76. The molecule has 0 amide bonds. The van der Waals surface area contributed by atoms with Crippen molar-refractivity contribution >= 4 is 33.2 Å². The first-order valence-corrected chi connectivity index (χ1v) is 14.0. The van der Waals surface area contributed by atoms with E-state index >= 15 is 0 Å². The fourth-order valence-electron chi connectivity index (χ4n) is 3.83. The van der Waals surface area contributed by atoms with E-state index in [0.29, 0.717) is 0 Å². The van der Waals surface area contributed by atoms with Gasteiger partial charge < -0.3 is 0 Å². The summed E-state index contributed by atoms with van der Waals surface area (Å²) in [6.07, 6.45) is 23.9. The van der Waals surface area contributed by atoms with E-state index in [1.807, 2.05) is 0 Å². The van der Waals surface area contributed by atoms with Crippen LogP contribution in [0, 0.1) is 0 Å². The zero-order valence-electron chi connectivity index (χ0n) is 19.5. The molecule has 0 spiro atoms. The van der Waals surface area contributed by atoms with Crippen molar-refractivity contribution in [3.63, 3.8) is 0 Å². The Hall–Kier alpha value is -0.104. The van der Waals surface area contributed by atoms with Gasteiger partial charge in [0, 0.05) is 0 Å². The molecule has 0 aliphatic rings. The molecule has 0 fully saturated rings. The van der Waals surface area contributed by atoms with Crippen LogP contribution in [0.4, 0.5) is 0 Å². The van der Waals surface area contributed by atoms with Crippen LogP contribution in [0.2, 0.25) is 0 Å². The Morgan fingerprint density at radius 1 is 0.581 bits per heavy atom. The van der Waals surface area contributed by atoms with Crippen molar-refractivity contribution in [2.45, 2.75) is 127 Å². The topological polar surface area (TPSA) is 43.4 Å². The standard InChI is InChI=1S/C26H46O3S.Mg.2H/c1-2-3-4-5-6-7-8-9-10-11-12-13-14-15-16-17-18-22-25-29-30(27,28)26-23-20-19-21-24-26;;;/h19-21,23-24H,2-18,22,25H2,1H3;;;. The van der Waals surface area contributed by atoms with Crippen LogP contribution in [0.15, 0.2) is 35.2 Å². The van der Waals surface area contributed by atoms with Gasteiger partial charge in [-0.15, -0.1) is 0 Å². The molecular formula is C26H48MgO3S. The van der Waals surface area contributed by atoms with Gasteiger partial charge in [-0.2, -0.15) is 8.42 Å². The maximum absolute atomic E-state index is 12.0. The van der Waals surface area contributed by atoms with Gasteiger partial charge in [0.15, 0.2) is 0 Å². The van der Waals surface area contributed by atoms with Crippen LogP contribution in [0.25, 0.3) is 0 Å². The Kier molecular flexibility index (Phi) is 21.7. The highest BCUT2D eigenvalue weighted by molar-refractivity contribution is 7.86. The van der Waals surface area contributed by atoms with Gasteiger partial charge in [-0.3, -0.25) is 4.18 Å². The van der Waals surface area contributed by atoms with E-state index in [4.69, 9.17) is 4.18 Å². The average molecular weight is 465 g/mol. The second-order valence-electron chi connectivity index (χ2n) is 8.60. The van der Waals surface area contributed by atoms with Gasteiger partial charge in [0.25, 0.3) is 10.1 Å². The summed E-state index contributed by atoms with van der Waals surface area (Å²) in [6.45, 7) is 2.57. The van der Waals surface area contributed by atoms with Gasteiger partial charge in [0.1, 0.15) is 0 Å². The van der Waals surface area contributed by atoms with Crippen molar-refractivity contribution in [3.05, 3.63) is 30.3 Å². The minimum atomic E-state index is -3.58. The second-order valence-corrected chi connectivity index (χ2v) is 10.2. The van der Waals surface area contributed by atoms with Crippen molar-refractivity contribution in [1.29, 1.82) is 0 Å². The number of hydrogen-bond donors (Lipinski definition) is 0. The maximum atomic E-state index is 12.0. The van der Waals surface area contributed by atoms with Gasteiger partial charge >= 0.3 is 23.1 Å². The van der Waals surface area contributed by atoms with Gasteiger partial charge in [-0.05, 0) is 18.6 Å². The monoisotopic (exact) mass is 464 g/mol. The number of rotatable bonds is 21. The minimum Gasteiger partial charge on any atom is -0.266 e. The molecule has 0 radical (unpaired) electrons. The molecule has 0 saturated heterocycles. The van der Waals surface area contributed by atoms with Crippen molar-refractivity contribution in [1.82, 2.24) is 0 Å². The first-order valence-electron chi connectivity index (χ1n) is 12.6. The summed E-state index contributed by atoms with van der Waals surface area (Å²) in [4.78, 5) is 0.243. The molecule has 3 nitrogen and oxygen atoms in total. The molecule has 0 heterocycles. The summed E-state index contributed by atoms with van der Waals surface area (Å²) in [7, 11) is -3.58. The summed E-state index contributed by atoms with van der Waals surface area (Å²) in [5, 5.41) is 0. The minimum absolute atomic E-state index is 0. The molecule has 1 aromatic carbocycles. The molecule has 31 heavy (non-hydrogen) atoms. The summed E-state index contributed by atoms with van der Waals surface area (Å²) in [5.74, 6) is 0. The van der Waals surface area contributed by atoms with E-state index in [0.717, 1.165) is 12.8 Å². The lowest BCUT2D eigenvalue weighted by molar-refractivity contribution is 0.306. The maximum Gasteiger partial charge on any atom is 0.316 e. The third kappa shape index (κ3) is 18.1. The highest BCUT2D eigenvalue weighted by Crippen LogP contribution is 2.15. The summed E-state index contributed by atoms with van der Waals surface area (Å²) >= 11 is 0. The van der Waals surface area contributed by atoms with Crippen LogP contribution in [0.3, 0.4) is 0 Å². The summed E-state index contributed by atoms with van der Waals surface area (Å²) in [6, 6.07) is 8.38. The zero-order chi connectivity index (χ0) is 21.8. The lowest BCUT2D eigenvalue weighted by atomic mass is 10.0. The van der Waals surface area contributed by atoms with Gasteiger partial charge in [0.05, 0.1) is 11.5 Å². The lowest BCUT2D eigenvalue weighted by Gasteiger charge is -2.06. The number of hydrogen-bond acceptors (Lipinski definition) is 3. The molecule has 1 aromatic rings. The first-order chi connectivity index (χ1) is 14.7. The number of benzene rings is 1. The molecule has 0 aliphatic heterocycles. The molecule has 0 N–H and O–H groups in total. The molecule has 0 unspecified atom stereocenters. The molecule has 0 saturated carbocycles. The van der Waals surface area contributed by atoms with Gasteiger partial charge in [-0.25, -0.2) is 0 Å². The van der Waals surface area contributed by atoms with E-state index in [-0.39, 0.29) is 34.6 Å².